The highest BCUT2D eigenvalue weighted by Crippen LogP contribution is 2.29. The van der Waals surface area contributed by atoms with E-state index in [0.29, 0.717) is 23.5 Å². The van der Waals surface area contributed by atoms with E-state index in [0.717, 1.165) is 62.5 Å². The molecule has 0 aliphatic carbocycles. The smallest absolute Gasteiger partial charge is 0.229 e. The summed E-state index contributed by atoms with van der Waals surface area (Å²) in [7, 11) is 3.63. The lowest BCUT2D eigenvalue weighted by Gasteiger charge is -2.24. The first-order chi connectivity index (χ1) is 17.9. The number of Topliss-reactive ketones (excluding diaryl/α,β-unsaturated/α-hetero) is 2. The average molecular weight is 530 g/mol. The Morgan fingerprint density at radius 1 is 0.842 bits per heavy atom. The molecule has 38 heavy (non-hydrogen) atoms. The number of rotatable bonds is 14. The number of benzene rings is 1. The Morgan fingerprint density at radius 2 is 1.39 bits per heavy atom. The molecule has 4 atom stereocenters. The number of ketones is 2. The standard InChI is InChI=1S/C14H26O.C13H19NO.C7H14O/c1-6-9-13(11(4)8-3)14(10-7-2)12(5)15;1-4-8-12(13(15)14(2)3)11-9-6-5-7-10-11;1-4-6(2)5-7(3)8/h10-11,13H,6-9H2,1-5H3;5-7,9-10,12H,4,8H2,1-3H3;6H,4-5H2,1-3H3/b14-10-;;. The number of carbonyl (C=O) groups excluding carboxylic acids is 3. The summed E-state index contributed by atoms with van der Waals surface area (Å²) in [5.41, 5.74) is 2.19. The topological polar surface area (TPSA) is 54.5 Å². The second-order valence-electron chi connectivity index (χ2n) is 10.8. The fourth-order valence-corrected chi connectivity index (χ4v) is 4.47. The monoisotopic (exact) mass is 529 g/mol. The van der Waals surface area contributed by atoms with Crippen LogP contribution in [0.25, 0.3) is 0 Å². The van der Waals surface area contributed by atoms with E-state index in [2.05, 4.69) is 54.5 Å². The molecule has 0 aromatic heterocycles. The minimum Gasteiger partial charge on any atom is -0.348 e. The van der Waals surface area contributed by atoms with Gasteiger partial charge in [0.25, 0.3) is 0 Å². The number of carbonyl (C=O) groups is 3. The van der Waals surface area contributed by atoms with Crippen molar-refractivity contribution in [2.75, 3.05) is 14.1 Å². The van der Waals surface area contributed by atoms with Crippen LogP contribution in [0.3, 0.4) is 0 Å². The van der Waals surface area contributed by atoms with Gasteiger partial charge in [-0.25, -0.2) is 0 Å². The maximum atomic E-state index is 12.0. The van der Waals surface area contributed by atoms with Crippen molar-refractivity contribution < 1.29 is 14.4 Å². The van der Waals surface area contributed by atoms with Gasteiger partial charge >= 0.3 is 0 Å². The molecule has 0 saturated carbocycles. The van der Waals surface area contributed by atoms with Crippen LogP contribution in [0.1, 0.15) is 125 Å². The van der Waals surface area contributed by atoms with Gasteiger partial charge in [-0.15, -0.1) is 0 Å². The lowest BCUT2D eigenvalue weighted by molar-refractivity contribution is -0.130. The van der Waals surface area contributed by atoms with Crippen molar-refractivity contribution in [2.45, 2.75) is 120 Å². The molecular formula is C34H59NO3. The van der Waals surface area contributed by atoms with Gasteiger partial charge in [-0.1, -0.05) is 111 Å². The molecular weight excluding hydrogens is 470 g/mol. The van der Waals surface area contributed by atoms with Gasteiger partial charge < -0.3 is 9.69 Å². The van der Waals surface area contributed by atoms with Crippen LogP contribution in [0.4, 0.5) is 0 Å². The van der Waals surface area contributed by atoms with Gasteiger partial charge in [-0.2, -0.15) is 0 Å². The van der Waals surface area contributed by atoms with E-state index in [1.165, 1.54) is 0 Å². The minimum atomic E-state index is 0.0196. The lowest BCUT2D eigenvalue weighted by atomic mass is 9.80. The molecule has 0 bridgehead atoms. The van der Waals surface area contributed by atoms with E-state index in [9.17, 15) is 14.4 Å². The predicted molar refractivity (Wildman–Crippen MR) is 164 cm³/mol. The Morgan fingerprint density at radius 3 is 1.74 bits per heavy atom. The van der Waals surface area contributed by atoms with Crippen LogP contribution in [0.5, 0.6) is 0 Å². The van der Waals surface area contributed by atoms with E-state index >= 15 is 0 Å². The summed E-state index contributed by atoms with van der Waals surface area (Å²) in [6, 6.07) is 10.0. The van der Waals surface area contributed by atoms with Crippen molar-refractivity contribution in [1.82, 2.24) is 4.90 Å². The van der Waals surface area contributed by atoms with E-state index in [-0.39, 0.29) is 17.6 Å². The molecule has 0 aliphatic rings. The van der Waals surface area contributed by atoms with E-state index in [1.54, 1.807) is 18.7 Å². The molecule has 1 aromatic rings. The second-order valence-corrected chi connectivity index (χ2v) is 10.8. The normalized spacial score (nSPS) is 14.0. The van der Waals surface area contributed by atoms with Crippen LogP contribution in [-0.4, -0.2) is 36.5 Å². The third-order valence-electron chi connectivity index (χ3n) is 7.01. The first-order valence-corrected chi connectivity index (χ1v) is 14.9. The number of likely N-dealkylation sites (N-methyl/N-ethyl adjacent to an activating group) is 1. The molecule has 218 valence electrons. The average Bonchev–Trinajstić information content (AvgIpc) is 2.89. The maximum absolute atomic E-state index is 12.0. The van der Waals surface area contributed by atoms with Gasteiger partial charge in [0.2, 0.25) is 5.91 Å². The van der Waals surface area contributed by atoms with Gasteiger partial charge in [0, 0.05) is 20.5 Å². The van der Waals surface area contributed by atoms with Crippen molar-refractivity contribution in [3.8, 4) is 0 Å². The van der Waals surface area contributed by atoms with Crippen molar-refractivity contribution in [3.05, 3.63) is 47.5 Å². The summed E-state index contributed by atoms with van der Waals surface area (Å²) >= 11 is 0. The van der Waals surface area contributed by atoms with E-state index in [4.69, 9.17) is 0 Å². The molecule has 0 N–H and O–H groups in total. The molecule has 4 unspecified atom stereocenters. The van der Waals surface area contributed by atoms with Gasteiger partial charge in [-0.05, 0) is 62.0 Å². The third-order valence-corrected chi connectivity index (χ3v) is 7.01. The predicted octanol–water partition coefficient (Wildman–Crippen LogP) is 9.04. The molecule has 1 rings (SSSR count). The molecule has 0 heterocycles. The van der Waals surface area contributed by atoms with Gasteiger partial charge in [-0.3, -0.25) is 9.59 Å². The molecule has 0 aliphatic heterocycles. The quantitative estimate of drug-likeness (QED) is 0.226. The number of hydrogen-bond acceptors (Lipinski definition) is 3. The molecule has 0 spiro atoms. The lowest BCUT2D eigenvalue weighted by Crippen LogP contribution is -2.28. The first kappa shape index (κ1) is 37.9. The SMILES string of the molecule is CC/C=C(/C(C)=O)C(CCC)C(C)CC.CCC(C)CC(C)=O.CCCC(C(=O)N(C)C)c1ccccc1. The Hall–Kier alpha value is -2.23. The fourth-order valence-electron chi connectivity index (χ4n) is 4.47. The summed E-state index contributed by atoms with van der Waals surface area (Å²) in [6.45, 7) is 18.4. The van der Waals surface area contributed by atoms with E-state index < -0.39 is 0 Å². The fraction of sp³-hybridized carbons (Fsp3) is 0.676. The molecule has 0 saturated heterocycles. The van der Waals surface area contributed by atoms with Crippen LogP contribution in [0, 0.1) is 17.8 Å². The number of nitrogens with zero attached hydrogens (tertiary/aromatic N) is 1. The third kappa shape index (κ3) is 16.6. The Kier molecular flexibility index (Phi) is 22.7. The Balaban J connectivity index is 0. The summed E-state index contributed by atoms with van der Waals surface area (Å²) in [6.07, 6.45) is 10.3. The molecule has 0 fully saturated rings. The van der Waals surface area contributed by atoms with Crippen molar-refractivity contribution >= 4 is 17.5 Å². The van der Waals surface area contributed by atoms with Crippen LogP contribution in [0.15, 0.2) is 42.0 Å². The summed E-state index contributed by atoms with van der Waals surface area (Å²) in [4.78, 5) is 35.6. The van der Waals surface area contributed by atoms with Crippen LogP contribution < -0.4 is 0 Å². The van der Waals surface area contributed by atoms with Crippen molar-refractivity contribution in [1.29, 1.82) is 0 Å². The zero-order valence-electron chi connectivity index (χ0n) is 26.6. The molecule has 1 amide bonds. The number of amides is 1. The minimum absolute atomic E-state index is 0.0196. The number of allylic oxidation sites excluding steroid dienone is 2. The first-order valence-electron chi connectivity index (χ1n) is 14.9. The highest BCUT2D eigenvalue weighted by Gasteiger charge is 2.22. The zero-order chi connectivity index (χ0) is 29.7. The van der Waals surface area contributed by atoms with Gasteiger partial charge in [0.05, 0.1) is 5.92 Å². The maximum Gasteiger partial charge on any atom is 0.229 e. The zero-order valence-corrected chi connectivity index (χ0v) is 26.6. The van der Waals surface area contributed by atoms with Crippen LogP contribution >= 0.6 is 0 Å². The second kappa shape index (κ2) is 22.7. The van der Waals surface area contributed by atoms with Crippen LogP contribution in [-0.2, 0) is 14.4 Å². The van der Waals surface area contributed by atoms with Crippen molar-refractivity contribution in [3.63, 3.8) is 0 Å². The molecule has 1 aromatic carbocycles. The molecule has 0 radical (unpaired) electrons. The summed E-state index contributed by atoms with van der Waals surface area (Å²) in [5.74, 6) is 2.45. The highest BCUT2D eigenvalue weighted by molar-refractivity contribution is 5.93. The van der Waals surface area contributed by atoms with Crippen molar-refractivity contribution in [2.24, 2.45) is 17.8 Å². The summed E-state index contributed by atoms with van der Waals surface area (Å²) < 4.78 is 0. The van der Waals surface area contributed by atoms with Gasteiger partial charge in [0.15, 0.2) is 5.78 Å². The van der Waals surface area contributed by atoms with Crippen LogP contribution in [0.2, 0.25) is 0 Å². The van der Waals surface area contributed by atoms with E-state index in [1.807, 2.05) is 44.4 Å². The highest BCUT2D eigenvalue weighted by atomic mass is 16.2. The largest absolute Gasteiger partial charge is 0.348 e. The Labute approximate surface area is 235 Å². The summed E-state index contributed by atoms with van der Waals surface area (Å²) in [5, 5.41) is 0. The molecule has 4 nitrogen and oxygen atoms in total. The number of hydrogen-bond donors (Lipinski definition) is 0. The molecule has 4 heteroatoms. The Bertz CT molecular complexity index is 797. The van der Waals surface area contributed by atoms with Gasteiger partial charge in [0.1, 0.15) is 5.78 Å².